The van der Waals surface area contributed by atoms with E-state index >= 15 is 0 Å². The Kier molecular flexibility index (Phi) is 8.52. The minimum atomic E-state index is -4.44. The Morgan fingerprint density at radius 2 is 1.77 bits per heavy atom. The van der Waals surface area contributed by atoms with Gasteiger partial charge in [-0.15, -0.1) is 0 Å². The van der Waals surface area contributed by atoms with Crippen LogP contribution in [0.5, 0.6) is 5.75 Å². The number of rotatable bonds is 9. The average Bonchev–Trinajstić information content (AvgIpc) is 4.07. The molecular formula is C39H43F3N8O3. The third-order valence-electron chi connectivity index (χ3n) is 11.2. The lowest BCUT2D eigenvalue weighted by Gasteiger charge is -2.38. The number of hydrogen-bond acceptors (Lipinski definition) is 7. The van der Waals surface area contributed by atoms with E-state index in [1.807, 2.05) is 48.8 Å². The van der Waals surface area contributed by atoms with Gasteiger partial charge in [-0.1, -0.05) is 12.1 Å². The number of alkyl halides is 3. The second-order valence-corrected chi connectivity index (χ2v) is 14.9. The van der Waals surface area contributed by atoms with Gasteiger partial charge in [0.25, 0.3) is 5.91 Å². The van der Waals surface area contributed by atoms with Crippen LogP contribution in [-0.2, 0) is 30.0 Å². The molecule has 2 aromatic carbocycles. The van der Waals surface area contributed by atoms with E-state index in [0.717, 1.165) is 60.2 Å². The topological polar surface area (TPSA) is 124 Å². The Morgan fingerprint density at radius 1 is 1.04 bits per heavy atom. The van der Waals surface area contributed by atoms with Gasteiger partial charge in [-0.2, -0.15) is 13.2 Å². The first-order valence-corrected chi connectivity index (χ1v) is 18.1. The first kappa shape index (κ1) is 35.1. The molecule has 3 aromatic heterocycles. The number of hydrazine groups is 1. The van der Waals surface area contributed by atoms with E-state index in [1.54, 1.807) is 18.2 Å². The summed E-state index contributed by atoms with van der Waals surface area (Å²) in [7, 11) is 5.41. The van der Waals surface area contributed by atoms with Crippen LogP contribution < -0.4 is 15.8 Å². The SMILES string of the molecule is COc1cc(C(=O)N2C[C@H](N)CCN2C)cc2nc(-c3cc4ccc([C@@H](C)NC(=O)C5(c6ccc(C(F)(F)F)cc6)CC5)nc4n3CC3CC3)n(C)c12. The number of nitrogens with zero attached hydrogens (tertiary/aromatic N) is 6. The third-order valence-corrected chi connectivity index (χ3v) is 11.2. The Labute approximate surface area is 304 Å². The number of hydrogen-bond donors (Lipinski definition) is 2. The fourth-order valence-electron chi connectivity index (χ4n) is 7.60. The fourth-order valence-corrected chi connectivity index (χ4v) is 7.60. The smallest absolute Gasteiger partial charge is 0.416 e. The lowest BCUT2D eigenvalue weighted by Crippen LogP contribution is -2.55. The first-order valence-electron chi connectivity index (χ1n) is 18.1. The lowest BCUT2D eigenvalue weighted by molar-refractivity contribution is -0.137. The predicted molar refractivity (Wildman–Crippen MR) is 194 cm³/mol. The number of benzene rings is 2. The van der Waals surface area contributed by atoms with Gasteiger partial charge in [0, 0.05) is 44.2 Å². The molecule has 1 aliphatic heterocycles. The quantitative estimate of drug-likeness (QED) is 0.192. The Hall–Kier alpha value is -4.95. The number of aryl methyl sites for hydroxylation is 1. The number of fused-ring (bicyclic) bond motifs is 2. The number of aromatic nitrogens is 4. The maximum Gasteiger partial charge on any atom is 0.416 e. The number of ether oxygens (including phenoxy) is 1. The number of halogens is 3. The van der Waals surface area contributed by atoms with Crippen molar-refractivity contribution >= 4 is 33.9 Å². The van der Waals surface area contributed by atoms with Gasteiger partial charge in [0.1, 0.15) is 16.9 Å². The maximum atomic E-state index is 13.7. The van der Waals surface area contributed by atoms with E-state index < -0.39 is 23.2 Å². The number of methoxy groups -OCH3 is 1. The summed E-state index contributed by atoms with van der Waals surface area (Å²) in [4.78, 5) is 37.5. The van der Waals surface area contributed by atoms with E-state index in [4.69, 9.17) is 20.4 Å². The van der Waals surface area contributed by atoms with E-state index in [9.17, 15) is 22.8 Å². The third kappa shape index (κ3) is 6.31. The number of nitrogens with one attached hydrogen (secondary N) is 1. The van der Waals surface area contributed by atoms with Crippen LogP contribution >= 0.6 is 0 Å². The number of imidazole rings is 1. The number of amides is 2. The van der Waals surface area contributed by atoms with Crippen LogP contribution in [0.1, 0.15) is 72.2 Å². The van der Waals surface area contributed by atoms with Crippen LogP contribution in [0.4, 0.5) is 13.2 Å². The van der Waals surface area contributed by atoms with Crippen LogP contribution in [0.15, 0.2) is 54.6 Å². The average molecular weight is 729 g/mol. The maximum absolute atomic E-state index is 13.7. The highest BCUT2D eigenvalue weighted by molar-refractivity contribution is 6.00. The Bertz CT molecular complexity index is 2240. The highest BCUT2D eigenvalue weighted by Crippen LogP contribution is 2.49. The Balaban J connectivity index is 1.11. The minimum absolute atomic E-state index is 0.0912. The van der Waals surface area contributed by atoms with Gasteiger partial charge < -0.3 is 24.9 Å². The molecule has 2 amide bonds. The zero-order valence-electron chi connectivity index (χ0n) is 30.2. The molecule has 0 radical (unpaired) electrons. The van der Waals surface area contributed by atoms with Gasteiger partial charge in [-0.3, -0.25) is 14.6 Å². The van der Waals surface area contributed by atoms with E-state index in [-0.39, 0.29) is 17.9 Å². The molecule has 0 spiro atoms. The van der Waals surface area contributed by atoms with Crippen LogP contribution in [0.2, 0.25) is 0 Å². The summed E-state index contributed by atoms with van der Waals surface area (Å²) in [6.07, 6.45) is -0.246. The number of carbonyl (C=O) groups is 2. The largest absolute Gasteiger partial charge is 0.494 e. The van der Waals surface area contributed by atoms with Gasteiger partial charge in [-0.25, -0.2) is 15.0 Å². The van der Waals surface area contributed by atoms with E-state index in [2.05, 4.69) is 16.0 Å². The van der Waals surface area contributed by atoms with Crippen molar-refractivity contribution in [2.75, 3.05) is 27.2 Å². The van der Waals surface area contributed by atoms with Crippen LogP contribution in [-0.4, -0.2) is 74.2 Å². The molecule has 278 valence electrons. The molecule has 2 saturated carbocycles. The van der Waals surface area contributed by atoms with Crippen molar-refractivity contribution in [3.05, 3.63) is 77.0 Å². The second-order valence-electron chi connectivity index (χ2n) is 14.9. The van der Waals surface area contributed by atoms with Crippen molar-refractivity contribution in [1.29, 1.82) is 0 Å². The monoisotopic (exact) mass is 728 g/mol. The van der Waals surface area contributed by atoms with Crippen LogP contribution in [0, 0.1) is 5.92 Å². The first-order chi connectivity index (χ1) is 25.3. The molecule has 3 aliphatic rings. The van der Waals surface area contributed by atoms with Crippen LogP contribution in [0.25, 0.3) is 33.6 Å². The molecule has 11 nitrogen and oxygen atoms in total. The molecule has 14 heteroatoms. The highest BCUT2D eigenvalue weighted by Gasteiger charge is 2.51. The molecule has 0 unspecified atom stereocenters. The van der Waals surface area contributed by atoms with Crippen molar-refractivity contribution in [2.24, 2.45) is 18.7 Å². The van der Waals surface area contributed by atoms with Crippen molar-refractivity contribution in [3.63, 3.8) is 0 Å². The van der Waals surface area contributed by atoms with Gasteiger partial charge in [0.15, 0.2) is 5.82 Å². The van der Waals surface area contributed by atoms with E-state index in [1.165, 1.54) is 12.1 Å². The number of pyridine rings is 1. The normalized spacial score (nSPS) is 19.5. The molecule has 3 N–H and O–H groups in total. The summed E-state index contributed by atoms with van der Waals surface area (Å²) in [5.74, 6) is 1.36. The molecule has 5 aromatic rings. The van der Waals surface area contributed by atoms with Crippen molar-refractivity contribution in [2.45, 2.75) is 69.2 Å². The molecule has 2 aliphatic carbocycles. The molecule has 0 bridgehead atoms. The van der Waals surface area contributed by atoms with Crippen molar-refractivity contribution in [3.8, 4) is 17.3 Å². The standard InChI is InChI=1S/C39H43F3N8O3/c1-22(44-37(52)38(14-15-38)26-8-10-27(11-9-26)39(40,41)42)29-12-7-24-18-31(49(34(24)45-29)20-23-5-6-23)35-46-30-17-25(19-32(53-4)33(30)48(35)3)36(51)50-21-28(43)13-16-47(50)2/h7-12,17-19,22-23,28H,5-6,13-16,20-21,43H2,1-4H3,(H,44,52)/t22-,28-/m1/s1. The Morgan fingerprint density at radius 3 is 2.43 bits per heavy atom. The molecule has 2 atom stereocenters. The van der Waals surface area contributed by atoms with Gasteiger partial charge in [0.05, 0.1) is 47.6 Å². The molecule has 8 rings (SSSR count). The van der Waals surface area contributed by atoms with Gasteiger partial charge >= 0.3 is 6.18 Å². The molecule has 1 saturated heterocycles. The summed E-state index contributed by atoms with van der Waals surface area (Å²) in [5, 5.41) is 7.60. The van der Waals surface area contributed by atoms with Crippen molar-refractivity contribution in [1.82, 2.24) is 34.4 Å². The summed E-state index contributed by atoms with van der Waals surface area (Å²) >= 11 is 0. The van der Waals surface area contributed by atoms with Crippen LogP contribution in [0.3, 0.4) is 0 Å². The molecule has 4 heterocycles. The molecule has 3 fully saturated rings. The zero-order chi connectivity index (χ0) is 37.4. The minimum Gasteiger partial charge on any atom is -0.494 e. The summed E-state index contributed by atoms with van der Waals surface area (Å²) in [6.45, 7) is 3.74. The second kappa shape index (κ2) is 12.9. The number of carbonyl (C=O) groups excluding carboxylic acids is 2. The highest BCUT2D eigenvalue weighted by atomic mass is 19.4. The fraction of sp³-hybridized carbons (Fsp3) is 0.436. The van der Waals surface area contributed by atoms with Crippen molar-refractivity contribution < 1.29 is 27.5 Å². The van der Waals surface area contributed by atoms with E-state index in [0.29, 0.717) is 65.8 Å². The van der Waals surface area contributed by atoms with Gasteiger partial charge in [-0.05, 0) is 93.0 Å². The molecular weight excluding hydrogens is 685 g/mol. The molecule has 53 heavy (non-hydrogen) atoms. The van der Waals surface area contributed by atoms with Gasteiger partial charge in [0.2, 0.25) is 5.91 Å². The summed E-state index contributed by atoms with van der Waals surface area (Å²) in [5.41, 5.74) is 9.40. The summed E-state index contributed by atoms with van der Waals surface area (Å²) < 4.78 is 49.5. The number of nitrogens with two attached hydrogens (primary N) is 1. The summed E-state index contributed by atoms with van der Waals surface area (Å²) in [6, 6.07) is 13.9. The lowest BCUT2D eigenvalue weighted by atomic mass is 9.93. The zero-order valence-corrected chi connectivity index (χ0v) is 30.2. The predicted octanol–water partition coefficient (Wildman–Crippen LogP) is 5.96.